The Hall–Kier alpha value is -2.25. The van der Waals surface area contributed by atoms with Crippen molar-refractivity contribution in [1.82, 2.24) is 10.6 Å². The van der Waals surface area contributed by atoms with Gasteiger partial charge in [0, 0.05) is 12.8 Å². The van der Waals surface area contributed by atoms with Crippen LogP contribution in [0.5, 0.6) is 0 Å². The maximum absolute atomic E-state index is 12.1. The minimum Gasteiger partial charge on any atom is -0.481 e. The van der Waals surface area contributed by atoms with Crippen molar-refractivity contribution in [3.05, 3.63) is 0 Å². The molecule has 8 heteroatoms. The molecule has 0 rings (SSSR count). The van der Waals surface area contributed by atoms with Crippen molar-refractivity contribution < 1.29 is 29.1 Å². The molecule has 0 fully saturated rings. The first-order valence-corrected chi connectivity index (χ1v) is 7.02. The van der Waals surface area contributed by atoms with E-state index in [0.717, 1.165) is 0 Å². The number of carbonyl (C=O) groups is 5. The molecule has 0 heterocycles. The quantitative estimate of drug-likeness (QED) is 0.447. The summed E-state index contributed by atoms with van der Waals surface area (Å²) >= 11 is 0. The summed E-state index contributed by atoms with van der Waals surface area (Å²) in [5.74, 6) is -2.40. The standard InChI is InChI=1S/C14H22N2O6/c1-9(2)11(8-18)16-14(22)10(4-3-7-17)15-12(19)5-6-13(20)21/h7-11H,3-6H2,1-2H3,(H,15,19)(H,16,22)(H,20,21)/t10-,11+/m0/s1. The summed E-state index contributed by atoms with van der Waals surface area (Å²) in [4.78, 5) is 55.4. The van der Waals surface area contributed by atoms with Gasteiger partial charge in [-0.2, -0.15) is 0 Å². The second kappa shape index (κ2) is 10.5. The number of carboxylic acids is 1. The minimum atomic E-state index is -1.12. The van der Waals surface area contributed by atoms with E-state index in [0.29, 0.717) is 12.6 Å². The molecular weight excluding hydrogens is 292 g/mol. The van der Waals surface area contributed by atoms with Crippen LogP contribution in [-0.4, -0.2) is 47.5 Å². The van der Waals surface area contributed by atoms with Crippen molar-refractivity contribution in [2.45, 2.75) is 51.6 Å². The Morgan fingerprint density at radius 1 is 1.09 bits per heavy atom. The van der Waals surface area contributed by atoms with Crippen molar-refractivity contribution in [1.29, 1.82) is 0 Å². The van der Waals surface area contributed by atoms with Gasteiger partial charge < -0.3 is 25.3 Å². The second-order valence-corrected chi connectivity index (χ2v) is 5.17. The van der Waals surface area contributed by atoms with Gasteiger partial charge >= 0.3 is 5.97 Å². The number of aldehydes is 2. The predicted molar refractivity (Wildman–Crippen MR) is 76.9 cm³/mol. The average molecular weight is 314 g/mol. The summed E-state index contributed by atoms with van der Waals surface area (Å²) in [7, 11) is 0. The Balaban J connectivity index is 4.69. The highest BCUT2D eigenvalue weighted by atomic mass is 16.4. The smallest absolute Gasteiger partial charge is 0.303 e. The van der Waals surface area contributed by atoms with Crippen LogP contribution in [0, 0.1) is 5.92 Å². The van der Waals surface area contributed by atoms with Gasteiger partial charge in [0.25, 0.3) is 0 Å². The molecule has 2 amide bonds. The molecule has 0 saturated carbocycles. The normalized spacial score (nSPS) is 13.0. The molecule has 0 aliphatic carbocycles. The van der Waals surface area contributed by atoms with Gasteiger partial charge in [-0.3, -0.25) is 14.4 Å². The molecule has 0 aliphatic heterocycles. The summed E-state index contributed by atoms with van der Waals surface area (Å²) in [5.41, 5.74) is 0. The summed E-state index contributed by atoms with van der Waals surface area (Å²) in [6.07, 6.45) is 0.746. The van der Waals surface area contributed by atoms with Crippen LogP contribution in [0.3, 0.4) is 0 Å². The number of amides is 2. The van der Waals surface area contributed by atoms with Gasteiger partial charge in [-0.1, -0.05) is 13.8 Å². The topological polar surface area (TPSA) is 130 Å². The molecule has 0 saturated heterocycles. The molecule has 0 bridgehead atoms. The zero-order valence-electron chi connectivity index (χ0n) is 12.7. The van der Waals surface area contributed by atoms with Crippen molar-refractivity contribution in [2.24, 2.45) is 5.92 Å². The minimum absolute atomic E-state index is 0.0602. The molecule has 0 aromatic carbocycles. The maximum atomic E-state index is 12.1. The van der Waals surface area contributed by atoms with Gasteiger partial charge in [-0.15, -0.1) is 0 Å². The lowest BCUT2D eigenvalue weighted by atomic mass is 10.0. The molecule has 22 heavy (non-hydrogen) atoms. The highest BCUT2D eigenvalue weighted by Crippen LogP contribution is 2.03. The average Bonchev–Trinajstić information content (AvgIpc) is 2.46. The molecule has 8 nitrogen and oxygen atoms in total. The maximum Gasteiger partial charge on any atom is 0.303 e. The first kappa shape index (κ1) is 19.8. The summed E-state index contributed by atoms with van der Waals surface area (Å²) < 4.78 is 0. The van der Waals surface area contributed by atoms with E-state index in [1.54, 1.807) is 13.8 Å². The van der Waals surface area contributed by atoms with Crippen LogP contribution in [0.15, 0.2) is 0 Å². The molecule has 0 spiro atoms. The summed E-state index contributed by atoms with van der Waals surface area (Å²) in [6.45, 7) is 3.51. The SMILES string of the molecule is CC(C)[C@@H](C=O)NC(=O)[C@H](CCC=O)NC(=O)CCC(=O)O. The van der Waals surface area contributed by atoms with Crippen LogP contribution >= 0.6 is 0 Å². The van der Waals surface area contributed by atoms with E-state index in [1.165, 1.54) is 0 Å². The first-order chi connectivity index (χ1) is 10.3. The van der Waals surface area contributed by atoms with Crippen LogP contribution in [0.4, 0.5) is 0 Å². The molecule has 0 aromatic heterocycles. The monoisotopic (exact) mass is 314 g/mol. The zero-order chi connectivity index (χ0) is 17.1. The van der Waals surface area contributed by atoms with E-state index in [2.05, 4.69) is 10.6 Å². The van der Waals surface area contributed by atoms with Gasteiger partial charge in [0.1, 0.15) is 18.6 Å². The van der Waals surface area contributed by atoms with E-state index in [-0.39, 0.29) is 31.6 Å². The highest BCUT2D eigenvalue weighted by Gasteiger charge is 2.24. The summed E-state index contributed by atoms with van der Waals surface area (Å²) in [6, 6.07) is -1.67. The lowest BCUT2D eigenvalue weighted by Crippen LogP contribution is -2.51. The fraction of sp³-hybridized carbons (Fsp3) is 0.643. The molecule has 2 atom stereocenters. The number of hydrogen-bond acceptors (Lipinski definition) is 5. The number of aliphatic carboxylic acids is 1. The Morgan fingerprint density at radius 2 is 1.73 bits per heavy atom. The zero-order valence-corrected chi connectivity index (χ0v) is 12.7. The van der Waals surface area contributed by atoms with Crippen LogP contribution in [0.1, 0.15) is 39.5 Å². The second-order valence-electron chi connectivity index (χ2n) is 5.17. The molecule has 0 aromatic rings. The Bertz CT molecular complexity index is 422. The molecule has 124 valence electrons. The van der Waals surface area contributed by atoms with Crippen LogP contribution in [0.25, 0.3) is 0 Å². The fourth-order valence-electron chi connectivity index (χ4n) is 1.61. The van der Waals surface area contributed by atoms with Gasteiger partial charge in [0.05, 0.1) is 12.5 Å². The van der Waals surface area contributed by atoms with E-state index in [1.807, 2.05) is 0 Å². The summed E-state index contributed by atoms with van der Waals surface area (Å²) in [5, 5.41) is 13.4. The number of carbonyl (C=O) groups excluding carboxylic acids is 4. The lowest BCUT2D eigenvalue weighted by molar-refractivity contribution is -0.139. The molecular formula is C14H22N2O6. The van der Waals surface area contributed by atoms with Gasteiger partial charge in [0.2, 0.25) is 11.8 Å². The van der Waals surface area contributed by atoms with Crippen molar-refractivity contribution >= 4 is 30.4 Å². The Kier molecular flexibility index (Phi) is 9.40. The third kappa shape index (κ3) is 8.13. The first-order valence-electron chi connectivity index (χ1n) is 7.02. The number of nitrogens with one attached hydrogen (secondary N) is 2. The van der Waals surface area contributed by atoms with Crippen molar-refractivity contribution in [2.75, 3.05) is 0 Å². The van der Waals surface area contributed by atoms with Crippen LogP contribution in [0.2, 0.25) is 0 Å². The molecule has 0 radical (unpaired) electrons. The number of hydrogen-bond donors (Lipinski definition) is 3. The van der Waals surface area contributed by atoms with Crippen molar-refractivity contribution in [3.63, 3.8) is 0 Å². The van der Waals surface area contributed by atoms with Crippen LogP contribution < -0.4 is 10.6 Å². The number of carboxylic acid groups (broad SMARTS) is 1. The number of rotatable bonds is 11. The van der Waals surface area contributed by atoms with Gasteiger partial charge in [-0.05, 0) is 12.3 Å². The highest BCUT2D eigenvalue weighted by molar-refractivity contribution is 5.90. The Morgan fingerprint density at radius 3 is 2.18 bits per heavy atom. The third-order valence-electron chi connectivity index (χ3n) is 2.96. The fourth-order valence-corrected chi connectivity index (χ4v) is 1.61. The molecule has 0 unspecified atom stereocenters. The van der Waals surface area contributed by atoms with Gasteiger partial charge in [0.15, 0.2) is 0 Å². The third-order valence-corrected chi connectivity index (χ3v) is 2.96. The Labute approximate surface area is 128 Å². The molecule has 3 N–H and O–H groups in total. The van der Waals surface area contributed by atoms with Crippen molar-refractivity contribution in [3.8, 4) is 0 Å². The predicted octanol–water partition coefficient (Wildman–Crippen LogP) is -0.345. The van der Waals surface area contributed by atoms with Crippen LogP contribution in [-0.2, 0) is 24.0 Å². The van der Waals surface area contributed by atoms with Gasteiger partial charge in [-0.25, -0.2) is 0 Å². The van der Waals surface area contributed by atoms with E-state index < -0.39 is 29.9 Å². The molecule has 0 aliphatic rings. The van der Waals surface area contributed by atoms with E-state index in [4.69, 9.17) is 5.11 Å². The van der Waals surface area contributed by atoms with E-state index >= 15 is 0 Å². The lowest BCUT2D eigenvalue weighted by Gasteiger charge is -2.22. The largest absolute Gasteiger partial charge is 0.481 e. The van der Waals surface area contributed by atoms with E-state index in [9.17, 15) is 24.0 Å².